The Morgan fingerprint density at radius 1 is 1.43 bits per heavy atom. The molecule has 21 heavy (non-hydrogen) atoms. The molecular weight excluding hydrogens is 356 g/mol. The van der Waals surface area contributed by atoms with Crippen molar-refractivity contribution >= 4 is 34.2 Å². The number of benzene rings is 1. The molecule has 1 heterocycles. The molecule has 2 rings (SSSR count). The Labute approximate surface area is 140 Å². The van der Waals surface area contributed by atoms with Gasteiger partial charge in [-0.3, -0.25) is 4.79 Å². The summed E-state index contributed by atoms with van der Waals surface area (Å²) in [6.07, 6.45) is 1.97. The topological polar surface area (TPSA) is 55.6 Å². The third-order valence-corrected chi connectivity index (χ3v) is 4.59. The van der Waals surface area contributed by atoms with E-state index in [4.69, 9.17) is 10.5 Å². The van der Waals surface area contributed by atoms with E-state index in [0.29, 0.717) is 11.5 Å². The van der Waals surface area contributed by atoms with E-state index in [1.807, 2.05) is 30.0 Å². The SMILES string of the molecule is COc1ccc(C(=O)N2CCC(C(C)N)CC2)cc1Br.Cl. The monoisotopic (exact) mass is 376 g/mol. The van der Waals surface area contributed by atoms with Crippen molar-refractivity contribution in [2.24, 2.45) is 11.7 Å². The first-order valence-electron chi connectivity index (χ1n) is 6.91. The molecule has 1 saturated heterocycles. The highest BCUT2D eigenvalue weighted by atomic mass is 79.9. The minimum absolute atomic E-state index is 0. The highest BCUT2D eigenvalue weighted by Gasteiger charge is 2.25. The van der Waals surface area contributed by atoms with Crippen LogP contribution in [-0.4, -0.2) is 37.0 Å². The fourth-order valence-corrected chi connectivity index (χ4v) is 3.15. The normalized spacial score (nSPS) is 17.0. The van der Waals surface area contributed by atoms with Crippen LogP contribution < -0.4 is 10.5 Å². The van der Waals surface area contributed by atoms with E-state index in [9.17, 15) is 4.79 Å². The minimum atomic E-state index is 0. The Hall–Kier alpha value is -0.780. The number of ether oxygens (including phenoxy) is 1. The van der Waals surface area contributed by atoms with Gasteiger partial charge in [0.1, 0.15) is 5.75 Å². The van der Waals surface area contributed by atoms with Crippen LogP contribution in [0.2, 0.25) is 0 Å². The molecule has 1 fully saturated rings. The zero-order chi connectivity index (χ0) is 14.7. The summed E-state index contributed by atoms with van der Waals surface area (Å²) >= 11 is 3.42. The van der Waals surface area contributed by atoms with Crippen molar-refractivity contribution in [1.29, 1.82) is 0 Å². The van der Waals surface area contributed by atoms with E-state index in [1.54, 1.807) is 7.11 Å². The number of hydrogen-bond donors (Lipinski definition) is 1. The smallest absolute Gasteiger partial charge is 0.253 e. The van der Waals surface area contributed by atoms with Gasteiger partial charge in [-0.15, -0.1) is 12.4 Å². The largest absolute Gasteiger partial charge is 0.496 e. The second-order valence-electron chi connectivity index (χ2n) is 5.34. The molecule has 0 radical (unpaired) electrons. The number of carbonyl (C=O) groups excluding carboxylic acids is 1. The van der Waals surface area contributed by atoms with Crippen LogP contribution in [0.15, 0.2) is 22.7 Å². The lowest BCUT2D eigenvalue weighted by Crippen LogP contribution is -2.42. The average molecular weight is 378 g/mol. The molecule has 2 N–H and O–H groups in total. The molecule has 0 aliphatic carbocycles. The first-order chi connectivity index (χ1) is 9.52. The summed E-state index contributed by atoms with van der Waals surface area (Å²) in [5, 5.41) is 0. The first-order valence-corrected chi connectivity index (χ1v) is 7.70. The van der Waals surface area contributed by atoms with E-state index in [2.05, 4.69) is 15.9 Å². The van der Waals surface area contributed by atoms with Crippen LogP contribution in [0.1, 0.15) is 30.1 Å². The van der Waals surface area contributed by atoms with E-state index in [-0.39, 0.29) is 24.4 Å². The van der Waals surface area contributed by atoms with Crippen LogP contribution in [0.25, 0.3) is 0 Å². The zero-order valence-corrected chi connectivity index (χ0v) is 14.7. The van der Waals surface area contributed by atoms with Crippen molar-refractivity contribution in [1.82, 2.24) is 4.90 Å². The molecule has 1 amide bonds. The zero-order valence-electron chi connectivity index (χ0n) is 12.3. The number of halogens is 2. The number of amides is 1. The maximum absolute atomic E-state index is 12.5. The molecular formula is C15H22BrClN2O2. The second-order valence-corrected chi connectivity index (χ2v) is 6.19. The summed E-state index contributed by atoms with van der Waals surface area (Å²) in [6, 6.07) is 5.65. The van der Waals surface area contributed by atoms with Crippen LogP contribution in [0.5, 0.6) is 5.75 Å². The Bertz CT molecular complexity index is 489. The van der Waals surface area contributed by atoms with Crippen molar-refractivity contribution in [3.63, 3.8) is 0 Å². The second kappa shape index (κ2) is 8.01. The van der Waals surface area contributed by atoms with Gasteiger partial charge < -0.3 is 15.4 Å². The van der Waals surface area contributed by atoms with E-state index >= 15 is 0 Å². The Morgan fingerprint density at radius 2 is 2.05 bits per heavy atom. The van der Waals surface area contributed by atoms with Gasteiger partial charge in [-0.2, -0.15) is 0 Å². The van der Waals surface area contributed by atoms with E-state index < -0.39 is 0 Å². The van der Waals surface area contributed by atoms with Crippen molar-refractivity contribution < 1.29 is 9.53 Å². The van der Waals surface area contributed by atoms with Gasteiger partial charge in [0.15, 0.2) is 0 Å². The fraction of sp³-hybridized carbons (Fsp3) is 0.533. The van der Waals surface area contributed by atoms with Crippen LogP contribution in [0.4, 0.5) is 0 Å². The van der Waals surface area contributed by atoms with Crippen LogP contribution in [0.3, 0.4) is 0 Å². The number of piperidine rings is 1. The Balaban J connectivity index is 0.00000220. The van der Waals surface area contributed by atoms with E-state index in [1.165, 1.54) is 0 Å². The van der Waals surface area contributed by atoms with Crippen LogP contribution in [-0.2, 0) is 0 Å². The number of nitrogens with zero attached hydrogens (tertiary/aromatic N) is 1. The number of hydrogen-bond acceptors (Lipinski definition) is 3. The summed E-state index contributed by atoms with van der Waals surface area (Å²) < 4.78 is 5.98. The summed E-state index contributed by atoms with van der Waals surface area (Å²) in [6.45, 7) is 3.62. The number of likely N-dealkylation sites (tertiary alicyclic amines) is 1. The molecule has 4 nitrogen and oxygen atoms in total. The molecule has 118 valence electrons. The lowest BCUT2D eigenvalue weighted by atomic mass is 9.90. The van der Waals surface area contributed by atoms with Gasteiger partial charge in [0.05, 0.1) is 11.6 Å². The van der Waals surface area contributed by atoms with Crippen molar-refractivity contribution in [3.8, 4) is 5.75 Å². The van der Waals surface area contributed by atoms with Crippen LogP contribution in [0, 0.1) is 5.92 Å². The van der Waals surface area contributed by atoms with Crippen molar-refractivity contribution in [2.45, 2.75) is 25.8 Å². The lowest BCUT2D eigenvalue weighted by Gasteiger charge is -2.33. The molecule has 0 aromatic heterocycles. The fourth-order valence-electron chi connectivity index (χ4n) is 2.61. The Morgan fingerprint density at radius 3 is 2.52 bits per heavy atom. The summed E-state index contributed by atoms with van der Waals surface area (Å²) in [5.74, 6) is 1.34. The number of rotatable bonds is 3. The standard InChI is InChI=1S/C15H21BrN2O2.ClH/c1-10(17)11-5-7-18(8-6-11)15(19)12-3-4-14(20-2)13(16)9-12;/h3-4,9-11H,5-8,17H2,1-2H3;1H. The Kier molecular flexibility index (Phi) is 6.97. The molecule has 1 unspecified atom stereocenters. The highest BCUT2D eigenvalue weighted by molar-refractivity contribution is 9.10. The van der Waals surface area contributed by atoms with Crippen LogP contribution >= 0.6 is 28.3 Å². The summed E-state index contributed by atoms with van der Waals surface area (Å²) in [7, 11) is 1.61. The predicted octanol–water partition coefficient (Wildman–Crippen LogP) is 3.08. The highest BCUT2D eigenvalue weighted by Crippen LogP contribution is 2.27. The lowest BCUT2D eigenvalue weighted by molar-refractivity contribution is 0.0681. The van der Waals surface area contributed by atoms with Gasteiger partial charge >= 0.3 is 0 Å². The average Bonchev–Trinajstić information content (AvgIpc) is 2.46. The third-order valence-electron chi connectivity index (χ3n) is 3.97. The quantitative estimate of drug-likeness (QED) is 0.880. The molecule has 0 bridgehead atoms. The third kappa shape index (κ3) is 4.34. The molecule has 1 aromatic carbocycles. The van der Waals surface area contributed by atoms with Gasteiger partial charge in [0.2, 0.25) is 0 Å². The summed E-state index contributed by atoms with van der Waals surface area (Å²) in [5.41, 5.74) is 6.62. The number of nitrogens with two attached hydrogens (primary N) is 1. The van der Waals surface area contributed by atoms with Gasteiger partial charge in [-0.1, -0.05) is 0 Å². The van der Waals surface area contributed by atoms with Gasteiger partial charge in [0, 0.05) is 24.7 Å². The van der Waals surface area contributed by atoms with Crippen molar-refractivity contribution in [2.75, 3.05) is 20.2 Å². The molecule has 6 heteroatoms. The first kappa shape index (κ1) is 18.3. The molecule has 0 spiro atoms. The minimum Gasteiger partial charge on any atom is -0.496 e. The summed E-state index contributed by atoms with van der Waals surface area (Å²) in [4.78, 5) is 14.4. The maximum Gasteiger partial charge on any atom is 0.253 e. The molecule has 1 atom stereocenters. The molecule has 1 aliphatic rings. The van der Waals surface area contributed by atoms with Gasteiger partial charge in [0.25, 0.3) is 5.91 Å². The number of methoxy groups -OCH3 is 1. The van der Waals surface area contributed by atoms with Crippen molar-refractivity contribution in [3.05, 3.63) is 28.2 Å². The maximum atomic E-state index is 12.5. The molecule has 1 aliphatic heterocycles. The van der Waals surface area contributed by atoms with E-state index in [0.717, 1.165) is 36.2 Å². The predicted molar refractivity (Wildman–Crippen MR) is 90.2 cm³/mol. The molecule has 1 aromatic rings. The number of carbonyl (C=O) groups is 1. The van der Waals surface area contributed by atoms with Gasteiger partial charge in [-0.05, 0) is 59.8 Å². The molecule has 0 saturated carbocycles. The van der Waals surface area contributed by atoms with Gasteiger partial charge in [-0.25, -0.2) is 0 Å².